The molecule has 1 aromatic heterocycles. The molecule has 0 bridgehead atoms. The number of carbonyl (C=O) groups excluding carboxylic acids is 1. The third-order valence-electron chi connectivity index (χ3n) is 3.67. The number of rotatable bonds is 4. The van der Waals surface area contributed by atoms with Gasteiger partial charge in [0.1, 0.15) is 5.01 Å². The maximum Gasteiger partial charge on any atom is 0.251 e. The fourth-order valence-electron chi connectivity index (χ4n) is 2.30. The van der Waals surface area contributed by atoms with E-state index >= 15 is 0 Å². The molecule has 3 rings (SSSR count). The molecule has 0 saturated carbocycles. The standard InChI is InChI=1S/C19H18N2OS/c1-13-7-9-15(10-8-13)18(22)20-11-16-12-23-19(21-16)17-6-4-3-5-14(17)2/h3-10,12H,11H2,1-2H3,(H,20,22). The molecular weight excluding hydrogens is 304 g/mol. The number of hydrogen-bond acceptors (Lipinski definition) is 3. The molecule has 1 N–H and O–H groups in total. The van der Waals surface area contributed by atoms with Crippen molar-refractivity contribution >= 4 is 17.2 Å². The number of carbonyl (C=O) groups is 1. The van der Waals surface area contributed by atoms with Crippen molar-refractivity contribution in [3.05, 3.63) is 76.3 Å². The Hall–Kier alpha value is -2.46. The van der Waals surface area contributed by atoms with Crippen molar-refractivity contribution < 1.29 is 4.79 Å². The third-order valence-corrected chi connectivity index (χ3v) is 4.60. The third kappa shape index (κ3) is 3.66. The molecule has 1 heterocycles. The molecular formula is C19H18N2OS. The number of hydrogen-bond donors (Lipinski definition) is 1. The van der Waals surface area contributed by atoms with Gasteiger partial charge in [-0.1, -0.05) is 42.0 Å². The second-order valence-corrected chi connectivity index (χ2v) is 6.37. The van der Waals surface area contributed by atoms with E-state index in [-0.39, 0.29) is 5.91 Å². The van der Waals surface area contributed by atoms with Gasteiger partial charge in [0.15, 0.2) is 0 Å². The molecule has 0 fully saturated rings. The Morgan fingerprint density at radius 1 is 1.09 bits per heavy atom. The predicted octanol–water partition coefficient (Wildman–Crippen LogP) is 4.36. The average Bonchev–Trinajstić information content (AvgIpc) is 3.02. The summed E-state index contributed by atoms with van der Waals surface area (Å²) in [4.78, 5) is 16.7. The number of nitrogens with one attached hydrogen (secondary N) is 1. The van der Waals surface area contributed by atoms with Crippen LogP contribution in [0.15, 0.2) is 53.9 Å². The lowest BCUT2D eigenvalue weighted by molar-refractivity contribution is 0.0950. The number of thiazole rings is 1. The van der Waals surface area contributed by atoms with Crippen LogP contribution < -0.4 is 5.32 Å². The van der Waals surface area contributed by atoms with Crippen LogP contribution in [0.25, 0.3) is 10.6 Å². The first-order valence-electron chi connectivity index (χ1n) is 7.49. The number of nitrogens with zero attached hydrogens (tertiary/aromatic N) is 1. The largest absolute Gasteiger partial charge is 0.346 e. The van der Waals surface area contributed by atoms with Gasteiger partial charge in [-0.25, -0.2) is 4.98 Å². The van der Waals surface area contributed by atoms with Gasteiger partial charge >= 0.3 is 0 Å². The van der Waals surface area contributed by atoms with E-state index in [4.69, 9.17) is 0 Å². The predicted molar refractivity (Wildman–Crippen MR) is 94.6 cm³/mol. The molecule has 0 radical (unpaired) electrons. The zero-order valence-electron chi connectivity index (χ0n) is 13.2. The van der Waals surface area contributed by atoms with Crippen LogP contribution in [0.5, 0.6) is 0 Å². The molecule has 0 aliphatic carbocycles. The van der Waals surface area contributed by atoms with Crippen LogP contribution in [0.1, 0.15) is 27.2 Å². The minimum atomic E-state index is -0.0737. The first-order chi connectivity index (χ1) is 11.1. The number of benzene rings is 2. The first-order valence-corrected chi connectivity index (χ1v) is 8.37. The van der Waals surface area contributed by atoms with Gasteiger partial charge in [0.25, 0.3) is 5.91 Å². The lowest BCUT2D eigenvalue weighted by Crippen LogP contribution is -2.22. The minimum Gasteiger partial charge on any atom is -0.346 e. The van der Waals surface area contributed by atoms with E-state index in [2.05, 4.69) is 29.4 Å². The number of aryl methyl sites for hydroxylation is 2. The summed E-state index contributed by atoms with van der Waals surface area (Å²) in [6.07, 6.45) is 0. The van der Waals surface area contributed by atoms with E-state index in [1.165, 1.54) is 5.56 Å². The van der Waals surface area contributed by atoms with Crippen molar-refractivity contribution in [3.63, 3.8) is 0 Å². The van der Waals surface area contributed by atoms with Gasteiger partial charge in [0, 0.05) is 16.5 Å². The Kier molecular flexibility index (Phi) is 4.53. The summed E-state index contributed by atoms with van der Waals surface area (Å²) >= 11 is 1.60. The van der Waals surface area contributed by atoms with Gasteiger partial charge in [0.2, 0.25) is 0 Å². The van der Waals surface area contributed by atoms with Crippen molar-refractivity contribution in [1.29, 1.82) is 0 Å². The van der Waals surface area contributed by atoms with E-state index < -0.39 is 0 Å². The summed E-state index contributed by atoms with van der Waals surface area (Å²) in [7, 11) is 0. The fourth-order valence-corrected chi connectivity index (χ4v) is 3.21. The van der Waals surface area contributed by atoms with Crippen molar-refractivity contribution in [2.45, 2.75) is 20.4 Å². The Bertz CT molecular complexity index is 821. The number of amides is 1. The molecule has 0 saturated heterocycles. The van der Waals surface area contributed by atoms with Gasteiger partial charge in [-0.15, -0.1) is 11.3 Å². The first kappa shape index (κ1) is 15.4. The van der Waals surface area contributed by atoms with Gasteiger partial charge < -0.3 is 5.32 Å². The molecule has 2 aromatic carbocycles. The van der Waals surface area contributed by atoms with Gasteiger partial charge in [0.05, 0.1) is 12.2 Å². The maximum atomic E-state index is 12.1. The molecule has 1 amide bonds. The molecule has 0 aliphatic heterocycles. The Morgan fingerprint density at radius 3 is 2.57 bits per heavy atom. The van der Waals surface area contributed by atoms with Crippen molar-refractivity contribution in [3.8, 4) is 10.6 Å². The Balaban J connectivity index is 1.67. The van der Waals surface area contributed by atoms with Crippen LogP contribution in [0.2, 0.25) is 0 Å². The van der Waals surface area contributed by atoms with Crippen LogP contribution in [-0.4, -0.2) is 10.9 Å². The Morgan fingerprint density at radius 2 is 1.83 bits per heavy atom. The summed E-state index contributed by atoms with van der Waals surface area (Å²) in [5.74, 6) is -0.0737. The molecule has 3 nitrogen and oxygen atoms in total. The summed E-state index contributed by atoms with van der Waals surface area (Å²) in [5, 5.41) is 5.91. The highest BCUT2D eigenvalue weighted by molar-refractivity contribution is 7.13. The molecule has 116 valence electrons. The normalized spacial score (nSPS) is 10.5. The van der Waals surface area contributed by atoms with Crippen LogP contribution in [-0.2, 0) is 6.54 Å². The van der Waals surface area contributed by atoms with Crippen LogP contribution in [0, 0.1) is 13.8 Å². The van der Waals surface area contributed by atoms with E-state index in [0.29, 0.717) is 12.1 Å². The minimum absolute atomic E-state index is 0.0737. The molecule has 0 aliphatic rings. The van der Waals surface area contributed by atoms with Gasteiger partial charge in [-0.3, -0.25) is 4.79 Å². The molecule has 3 aromatic rings. The zero-order valence-corrected chi connectivity index (χ0v) is 14.0. The fraction of sp³-hybridized carbons (Fsp3) is 0.158. The monoisotopic (exact) mass is 322 g/mol. The summed E-state index contributed by atoms with van der Waals surface area (Å²) in [6, 6.07) is 15.7. The van der Waals surface area contributed by atoms with Crippen molar-refractivity contribution in [2.75, 3.05) is 0 Å². The lowest BCUT2D eigenvalue weighted by atomic mass is 10.1. The highest BCUT2D eigenvalue weighted by atomic mass is 32.1. The van der Waals surface area contributed by atoms with Crippen LogP contribution in [0.4, 0.5) is 0 Å². The molecule has 4 heteroatoms. The van der Waals surface area contributed by atoms with Gasteiger partial charge in [-0.05, 0) is 31.5 Å². The Labute approximate surface area is 140 Å². The number of aromatic nitrogens is 1. The summed E-state index contributed by atoms with van der Waals surface area (Å²) < 4.78 is 0. The molecule has 0 spiro atoms. The van der Waals surface area contributed by atoms with Crippen molar-refractivity contribution in [2.24, 2.45) is 0 Å². The summed E-state index contributed by atoms with van der Waals surface area (Å²) in [6.45, 7) is 4.52. The van der Waals surface area contributed by atoms with Crippen LogP contribution >= 0.6 is 11.3 Å². The average molecular weight is 322 g/mol. The van der Waals surface area contributed by atoms with Crippen LogP contribution in [0.3, 0.4) is 0 Å². The second kappa shape index (κ2) is 6.75. The van der Waals surface area contributed by atoms with E-state index in [1.54, 1.807) is 11.3 Å². The highest BCUT2D eigenvalue weighted by Crippen LogP contribution is 2.26. The SMILES string of the molecule is Cc1ccc(C(=O)NCc2csc(-c3ccccc3C)n2)cc1. The topological polar surface area (TPSA) is 42.0 Å². The van der Waals surface area contributed by atoms with E-state index in [9.17, 15) is 4.79 Å². The quantitative estimate of drug-likeness (QED) is 0.775. The molecule has 0 atom stereocenters. The van der Waals surface area contributed by atoms with Gasteiger partial charge in [-0.2, -0.15) is 0 Å². The van der Waals surface area contributed by atoms with E-state index in [0.717, 1.165) is 21.8 Å². The lowest BCUT2D eigenvalue weighted by Gasteiger charge is -2.04. The zero-order chi connectivity index (χ0) is 16.2. The highest BCUT2D eigenvalue weighted by Gasteiger charge is 2.09. The summed E-state index contributed by atoms with van der Waals surface area (Å²) in [5.41, 5.74) is 5.05. The van der Waals surface area contributed by atoms with Crippen molar-refractivity contribution in [1.82, 2.24) is 10.3 Å². The van der Waals surface area contributed by atoms with E-state index in [1.807, 2.05) is 48.7 Å². The maximum absolute atomic E-state index is 12.1. The molecule has 0 unspecified atom stereocenters. The smallest absolute Gasteiger partial charge is 0.251 e. The second-order valence-electron chi connectivity index (χ2n) is 5.51. The molecule has 23 heavy (non-hydrogen) atoms.